The van der Waals surface area contributed by atoms with E-state index in [0.29, 0.717) is 19.1 Å². The van der Waals surface area contributed by atoms with Gasteiger partial charge in [-0.1, -0.05) is 42.5 Å². The first kappa shape index (κ1) is 22.2. The Morgan fingerprint density at radius 2 is 1.85 bits per heavy atom. The number of ether oxygens (including phenoxy) is 2. The third-order valence-electron chi connectivity index (χ3n) is 3.55. The van der Waals surface area contributed by atoms with E-state index in [4.69, 9.17) is 15.2 Å². The largest absolute Gasteiger partial charge is 0.489 e. The van der Waals surface area contributed by atoms with Gasteiger partial charge in [0.05, 0.1) is 6.54 Å². The topological polar surface area (TPSA) is 68.9 Å². The molecule has 0 radical (unpaired) electrons. The maximum Gasteiger partial charge on any atom is 0.188 e. The first-order chi connectivity index (χ1) is 12.3. The first-order valence-corrected chi connectivity index (χ1v) is 8.65. The number of halogens is 1. The standard InChI is InChI=1S/C20H27N3O2.HI/c1-2-24-13-7-12-22-20(21)23-15-18-10-6-11-19(14-18)25-16-17-8-4-3-5-9-17;/h3-6,8-11,14H,2,7,12-13,15-16H2,1H3,(H3,21,22,23);1H. The van der Waals surface area contributed by atoms with Gasteiger partial charge in [0.2, 0.25) is 0 Å². The lowest BCUT2D eigenvalue weighted by Gasteiger charge is -2.08. The van der Waals surface area contributed by atoms with Crippen molar-refractivity contribution < 1.29 is 9.47 Å². The van der Waals surface area contributed by atoms with Crippen LogP contribution in [0.3, 0.4) is 0 Å². The van der Waals surface area contributed by atoms with Crippen LogP contribution < -0.4 is 15.8 Å². The predicted molar refractivity (Wildman–Crippen MR) is 117 cm³/mol. The van der Waals surface area contributed by atoms with E-state index in [2.05, 4.69) is 10.3 Å². The SMILES string of the molecule is CCOCCCNC(N)=NCc1cccc(OCc2ccccc2)c1.I. The molecule has 0 spiro atoms. The molecule has 0 aliphatic heterocycles. The van der Waals surface area contributed by atoms with Crippen LogP contribution in [-0.2, 0) is 17.9 Å². The molecule has 0 saturated carbocycles. The normalized spacial score (nSPS) is 10.9. The zero-order valence-corrected chi connectivity index (χ0v) is 17.5. The van der Waals surface area contributed by atoms with Crippen molar-refractivity contribution in [2.45, 2.75) is 26.5 Å². The van der Waals surface area contributed by atoms with Gasteiger partial charge in [0.15, 0.2) is 5.96 Å². The van der Waals surface area contributed by atoms with Crippen molar-refractivity contribution in [3.8, 4) is 5.75 Å². The lowest BCUT2D eigenvalue weighted by atomic mass is 10.2. The summed E-state index contributed by atoms with van der Waals surface area (Å²) in [6.07, 6.45) is 0.910. The summed E-state index contributed by atoms with van der Waals surface area (Å²) in [7, 11) is 0. The molecule has 0 aliphatic carbocycles. The fourth-order valence-corrected chi connectivity index (χ4v) is 2.24. The zero-order chi connectivity index (χ0) is 17.7. The average molecular weight is 469 g/mol. The lowest BCUT2D eigenvalue weighted by molar-refractivity contribution is 0.145. The molecule has 0 atom stereocenters. The third kappa shape index (κ3) is 9.05. The van der Waals surface area contributed by atoms with Crippen molar-refractivity contribution in [1.29, 1.82) is 0 Å². The minimum absolute atomic E-state index is 0. The van der Waals surface area contributed by atoms with Crippen LogP contribution in [0.4, 0.5) is 0 Å². The van der Waals surface area contributed by atoms with Crippen LogP contribution >= 0.6 is 24.0 Å². The number of benzene rings is 2. The highest BCUT2D eigenvalue weighted by atomic mass is 127. The van der Waals surface area contributed by atoms with Crippen LogP contribution in [0.25, 0.3) is 0 Å². The number of nitrogens with two attached hydrogens (primary N) is 1. The molecule has 0 heterocycles. The van der Waals surface area contributed by atoms with Gasteiger partial charge in [-0.3, -0.25) is 0 Å². The average Bonchev–Trinajstić information content (AvgIpc) is 2.66. The molecule has 0 saturated heterocycles. The van der Waals surface area contributed by atoms with Crippen molar-refractivity contribution in [1.82, 2.24) is 5.32 Å². The molecule has 142 valence electrons. The van der Waals surface area contributed by atoms with Crippen molar-refractivity contribution in [3.63, 3.8) is 0 Å². The van der Waals surface area contributed by atoms with Gasteiger partial charge in [0, 0.05) is 19.8 Å². The van der Waals surface area contributed by atoms with Gasteiger partial charge in [0.25, 0.3) is 0 Å². The lowest BCUT2D eigenvalue weighted by Crippen LogP contribution is -2.32. The number of guanidine groups is 1. The Bertz CT molecular complexity index is 651. The Hall–Kier alpha value is -1.80. The quantitative estimate of drug-likeness (QED) is 0.241. The van der Waals surface area contributed by atoms with Crippen LogP contribution in [0, 0.1) is 0 Å². The highest BCUT2D eigenvalue weighted by Gasteiger charge is 1.99. The molecular weight excluding hydrogens is 441 g/mol. The van der Waals surface area contributed by atoms with Crippen LogP contribution in [0.2, 0.25) is 0 Å². The second kappa shape index (κ2) is 13.4. The van der Waals surface area contributed by atoms with E-state index < -0.39 is 0 Å². The molecule has 0 unspecified atom stereocenters. The van der Waals surface area contributed by atoms with Crippen molar-refractivity contribution in [2.24, 2.45) is 10.7 Å². The molecule has 0 amide bonds. The van der Waals surface area contributed by atoms with Crippen LogP contribution in [0.15, 0.2) is 59.6 Å². The van der Waals surface area contributed by atoms with Crippen molar-refractivity contribution in [2.75, 3.05) is 19.8 Å². The number of hydrogen-bond acceptors (Lipinski definition) is 3. The summed E-state index contributed by atoms with van der Waals surface area (Å²) in [5.74, 6) is 1.28. The van der Waals surface area contributed by atoms with E-state index in [9.17, 15) is 0 Å². The van der Waals surface area contributed by atoms with E-state index >= 15 is 0 Å². The fraction of sp³-hybridized carbons (Fsp3) is 0.350. The summed E-state index contributed by atoms with van der Waals surface area (Å²) in [6.45, 7) is 5.30. The Labute approximate surface area is 173 Å². The van der Waals surface area contributed by atoms with Crippen molar-refractivity contribution in [3.05, 3.63) is 65.7 Å². The first-order valence-electron chi connectivity index (χ1n) is 8.65. The van der Waals surface area contributed by atoms with E-state index in [1.807, 2.05) is 61.5 Å². The fourth-order valence-electron chi connectivity index (χ4n) is 2.24. The van der Waals surface area contributed by atoms with E-state index in [1.165, 1.54) is 0 Å². The third-order valence-corrected chi connectivity index (χ3v) is 3.55. The van der Waals surface area contributed by atoms with Crippen LogP contribution in [0.5, 0.6) is 5.75 Å². The summed E-state index contributed by atoms with van der Waals surface area (Å²) in [5.41, 5.74) is 8.08. The highest BCUT2D eigenvalue weighted by molar-refractivity contribution is 14.0. The maximum atomic E-state index is 5.88. The molecule has 3 N–H and O–H groups in total. The van der Waals surface area contributed by atoms with Gasteiger partial charge < -0.3 is 20.5 Å². The summed E-state index contributed by atoms with van der Waals surface area (Å²) in [4.78, 5) is 4.36. The highest BCUT2D eigenvalue weighted by Crippen LogP contribution is 2.15. The molecule has 2 rings (SSSR count). The van der Waals surface area contributed by atoms with Gasteiger partial charge in [-0.05, 0) is 36.6 Å². The smallest absolute Gasteiger partial charge is 0.188 e. The minimum Gasteiger partial charge on any atom is -0.489 e. The number of rotatable bonds is 10. The predicted octanol–water partition coefficient (Wildman–Crippen LogP) is 3.71. The number of nitrogens with one attached hydrogen (secondary N) is 1. The molecule has 0 bridgehead atoms. The van der Waals surface area contributed by atoms with E-state index in [0.717, 1.165) is 43.1 Å². The summed E-state index contributed by atoms with van der Waals surface area (Å²) in [6, 6.07) is 18.0. The zero-order valence-electron chi connectivity index (χ0n) is 15.2. The second-order valence-corrected chi connectivity index (χ2v) is 5.60. The van der Waals surface area contributed by atoms with Gasteiger partial charge in [-0.15, -0.1) is 24.0 Å². The molecule has 0 aliphatic rings. The molecule has 2 aromatic carbocycles. The summed E-state index contributed by atoms with van der Waals surface area (Å²) >= 11 is 0. The Morgan fingerprint density at radius 3 is 2.62 bits per heavy atom. The number of hydrogen-bond donors (Lipinski definition) is 2. The molecule has 0 aromatic heterocycles. The Kier molecular flexibility index (Phi) is 11.5. The molecule has 2 aromatic rings. The van der Waals surface area contributed by atoms with Crippen LogP contribution in [-0.4, -0.2) is 25.7 Å². The molecule has 5 nitrogen and oxygen atoms in total. The number of nitrogens with zero attached hydrogens (tertiary/aromatic N) is 1. The number of aliphatic imine (C=N–C) groups is 1. The molecule has 0 fully saturated rings. The van der Waals surface area contributed by atoms with Gasteiger partial charge in [-0.2, -0.15) is 0 Å². The van der Waals surface area contributed by atoms with Gasteiger partial charge in [-0.25, -0.2) is 4.99 Å². The van der Waals surface area contributed by atoms with E-state index in [-0.39, 0.29) is 24.0 Å². The van der Waals surface area contributed by atoms with Gasteiger partial charge >= 0.3 is 0 Å². The maximum absolute atomic E-state index is 5.88. The van der Waals surface area contributed by atoms with E-state index in [1.54, 1.807) is 0 Å². The molecule has 6 heteroatoms. The molecule has 26 heavy (non-hydrogen) atoms. The minimum atomic E-state index is 0. The Balaban J connectivity index is 0.00000338. The summed E-state index contributed by atoms with van der Waals surface area (Å²) < 4.78 is 11.1. The summed E-state index contributed by atoms with van der Waals surface area (Å²) in [5, 5.41) is 3.09. The van der Waals surface area contributed by atoms with Crippen molar-refractivity contribution >= 4 is 29.9 Å². The van der Waals surface area contributed by atoms with Gasteiger partial charge in [0.1, 0.15) is 12.4 Å². The monoisotopic (exact) mass is 469 g/mol. The molecular formula is C20H28IN3O2. The Morgan fingerprint density at radius 1 is 1.08 bits per heavy atom. The van der Waals surface area contributed by atoms with Crippen LogP contribution in [0.1, 0.15) is 24.5 Å². The second-order valence-electron chi connectivity index (χ2n) is 5.60.